The minimum absolute atomic E-state index is 0.200. The molecule has 0 radical (unpaired) electrons. The molecule has 1 N–H and O–H groups in total. The van der Waals surface area contributed by atoms with E-state index in [-0.39, 0.29) is 5.56 Å². The third-order valence-electron chi connectivity index (χ3n) is 4.48. The first-order chi connectivity index (χ1) is 12.6. The van der Waals surface area contributed by atoms with Gasteiger partial charge in [0.05, 0.1) is 19.9 Å². The summed E-state index contributed by atoms with van der Waals surface area (Å²) in [4.78, 5) is 20.1. The molecule has 5 nitrogen and oxygen atoms in total. The van der Waals surface area contributed by atoms with E-state index in [9.17, 15) is 4.79 Å². The first-order valence-corrected chi connectivity index (χ1v) is 8.27. The Bertz CT molecular complexity index is 1180. The van der Waals surface area contributed by atoms with Gasteiger partial charge in [-0.25, -0.2) is 4.98 Å². The van der Waals surface area contributed by atoms with Crippen LogP contribution in [0.3, 0.4) is 0 Å². The lowest BCUT2D eigenvalue weighted by Crippen LogP contribution is -2.10. The van der Waals surface area contributed by atoms with Crippen LogP contribution in [0, 0.1) is 6.92 Å². The molecule has 4 rings (SSSR count). The molecule has 0 saturated heterocycles. The van der Waals surface area contributed by atoms with Crippen LogP contribution in [-0.4, -0.2) is 24.2 Å². The number of aromatic amines is 1. The number of pyridine rings is 2. The number of nitrogens with zero attached hydrogens (tertiary/aromatic N) is 1. The highest BCUT2D eigenvalue weighted by molar-refractivity contribution is 6.11. The number of ether oxygens (including phenoxy) is 2. The summed E-state index contributed by atoms with van der Waals surface area (Å²) in [7, 11) is 3.21. The molecule has 0 aliphatic rings. The summed E-state index contributed by atoms with van der Waals surface area (Å²) in [5, 5.41) is 2.61. The molecular formula is C21H18N2O3. The molecule has 0 atom stereocenters. The molecule has 0 bridgehead atoms. The fourth-order valence-electron chi connectivity index (χ4n) is 3.28. The van der Waals surface area contributed by atoms with Gasteiger partial charge in [-0.1, -0.05) is 30.3 Å². The van der Waals surface area contributed by atoms with Gasteiger partial charge in [-0.05, 0) is 30.5 Å². The van der Waals surface area contributed by atoms with Gasteiger partial charge in [-0.15, -0.1) is 0 Å². The smallest absolute Gasteiger partial charge is 0.274 e. The molecule has 0 fully saturated rings. The predicted octanol–water partition coefficient (Wildman–Crippen LogP) is 4.07. The average molecular weight is 346 g/mol. The second-order valence-corrected chi connectivity index (χ2v) is 6.12. The molecule has 26 heavy (non-hydrogen) atoms. The van der Waals surface area contributed by atoms with E-state index in [2.05, 4.69) is 4.98 Å². The molecular weight excluding hydrogens is 328 g/mol. The van der Waals surface area contributed by atoms with Gasteiger partial charge in [0.15, 0.2) is 11.5 Å². The van der Waals surface area contributed by atoms with Crippen LogP contribution in [0.25, 0.3) is 32.9 Å². The van der Waals surface area contributed by atoms with Crippen LogP contribution in [0.5, 0.6) is 11.5 Å². The van der Waals surface area contributed by atoms with Crippen LogP contribution in [0.4, 0.5) is 0 Å². The molecule has 0 amide bonds. The van der Waals surface area contributed by atoms with Gasteiger partial charge in [0.1, 0.15) is 5.52 Å². The SMILES string of the molecule is COc1cc2c(-c3ccccc3)nc3c(=O)[nH]c(C)cc3c2cc1OC. The van der Waals surface area contributed by atoms with Gasteiger partial charge in [-0.2, -0.15) is 0 Å². The Labute approximate surface area is 150 Å². The molecule has 4 aromatic rings. The van der Waals surface area contributed by atoms with Crippen LogP contribution in [0.2, 0.25) is 0 Å². The number of hydrogen-bond acceptors (Lipinski definition) is 4. The molecule has 130 valence electrons. The third kappa shape index (κ3) is 2.49. The highest BCUT2D eigenvalue weighted by Gasteiger charge is 2.16. The minimum atomic E-state index is -0.200. The zero-order valence-electron chi connectivity index (χ0n) is 14.8. The maximum Gasteiger partial charge on any atom is 0.274 e. The number of methoxy groups -OCH3 is 2. The van der Waals surface area contributed by atoms with Crippen LogP contribution in [-0.2, 0) is 0 Å². The fourth-order valence-corrected chi connectivity index (χ4v) is 3.28. The van der Waals surface area contributed by atoms with Crippen molar-refractivity contribution < 1.29 is 9.47 Å². The van der Waals surface area contributed by atoms with E-state index in [1.807, 2.05) is 55.5 Å². The lowest BCUT2D eigenvalue weighted by Gasteiger charge is -2.14. The number of rotatable bonds is 3. The Balaban J connectivity index is 2.24. The van der Waals surface area contributed by atoms with Crippen molar-refractivity contribution in [2.24, 2.45) is 0 Å². The van der Waals surface area contributed by atoms with Crippen LogP contribution in [0.15, 0.2) is 53.3 Å². The van der Waals surface area contributed by atoms with Gasteiger partial charge < -0.3 is 14.5 Å². The zero-order chi connectivity index (χ0) is 18.3. The molecule has 0 unspecified atom stereocenters. The van der Waals surface area contributed by atoms with Crippen molar-refractivity contribution in [2.45, 2.75) is 6.92 Å². The Morgan fingerprint density at radius 1 is 0.885 bits per heavy atom. The number of fused-ring (bicyclic) bond motifs is 3. The molecule has 2 aromatic heterocycles. The maximum atomic E-state index is 12.5. The van der Waals surface area contributed by atoms with Crippen molar-refractivity contribution in [3.8, 4) is 22.8 Å². The second kappa shape index (κ2) is 6.19. The van der Waals surface area contributed by atoms with Crippen molar-refractivity contribution >= 4 is 21.7 Å². The van der Waals surface area contributed by atoms with Gasteiger partial charge >= 0.3 is 0 Å². The summed E-state index contributed by atoms with van der Waals surface area (Å²) in [6, 6.07) is 15.6. The lowest BCUT2D eigenvalue weighted by molar-refractivity contribution is 0.356. The van der Waals surface area contributed by atoms with E-state index in [4.69, 9.17) is 14.5 Å². The van der Waals surface area contributed by atoms with E-state index in [1.54, 1.807) is 14.2 Å². The Kier molecular flexibility index (Phi) is 3.84. The number of aryl methyl sites for hydroxylation is 1. The summed E-state index contributed by atoms with van der Waals surface area (Å²) in [6.07, 6.45) is 0. The monoisotopic (exact) mass is 346 g/mol. The Morgan fingerprint density at radius 2 is 1.54 bits per heavy atom. The van der Waals surface area contributed by atoms with E-state index < -0.39 is 0 Å². The van der Waals surface area contributed by atoms with Crippen molar-refractivity contribution in [3.05, 3.63) is 64.6 Å². The molecule has 0 aliphatic carbocycles. The van der Waals surface area contributed by atoms with E-state index >= 15 is 0 Å². The molecule has 5 heteroatoms. The zero-order valence-corrected chi connectivity index (χ0v) is 14.8. The quantitative estimate of drug-likeness (QED) is 0.568. The van der Waals surface area contributed by atoms with Crippen molar-refractivity contribution in [1.82, 2.24) is 9.97 Å². The standard InChI is InChI=1S/C21H18N2O3/c1-12-9-15-14-10-17(25-2)18(26-3)11-16(14)19(13-7-5-4-6-8-13)23-20(15)21(24)22-12/h4-11H,1-3H3,(H,22,24). The average Bonchev–Trinajstić information content (AvgIpc) is 2.67. The van der Waals surface area contributed by atoms with E-state index in [0.29, 0.717) is 17.0 Å². The first-order valence-electron chi connectivity index (χ1n) is 8.27. The van der Waals surface area contributed by atoms with Gasteiger partial charge in [0, 0.05) is 22.0 Å². The molecule has 0 spiro atoms. The molecule has 2 aromatic carbocycles. The molecule has 2 heterocycles. The summed E-state index contributed by atoms with van der Waals surface area (Å²) in [6.45, 7) is 1.86. The highest BCUT2D eigenvalue weighted by Crippen LogP contribution is 2.38. The second-order valence-electron chi connectivity index (χ2n) is 6.12. The van der Waals surface area contributed by atoms with Crippen molar-refractivity contribution in [3.63, 3.8) is 0 Å². The largest absolute Gasteiger partial charge is 0.493 e. The summed E-state index contributed by atoms with van der Waals surface area (Å²) in [5.74, 6) is 1.24. The van der Waals surface area contributed by atoms with Crippen molar-refractivity contribution in [2.75, 3.05) is 14.2 Å². The number of aromatic nitrogens is 2. The Morgan fingerprint density at radius 3 is 2.19 bits per heavy atom. The first kappa shape index (κ1) is 16.1. The number of nitrogens with one attached hydrogen (secondary N) is 1. The van der Waals surface area contributed by atoms with Gasteiger partial charge in [0.2, 0.25) is 0 Å². The van der Waals surface area contributed by atoms with Crippen LogP contribution in [0.1, 0.15) is 5.69 Å². The van der Waals surface area contributed by atoms with Gasteiger partial charge in [0.25, 0.3) is 5.56 Å². The molecule has 0 aliphatic heterocycles. The maximum absolute atomic E-state index is 12.5. The lowest BCUT2D eigenvalue weighted by atomic mass is 9.99. The van der Waals surface area contributed by atoms with Crippen molar-refractivity contribution in [1.29, 1.82) is 0 Å². The van der Waals surface area contributed by atoms with Crippen LogP contribution < -0.4 is 15.0 Å². The van der Waals surface area contributed by atoms with E-state index in [0.717, 1.165) is 33.1 Å². The van der Waals surface area contributed by atoms with Gasteiger partial charge in [-0.3, -0.25) is 4.79 Å². The number of H-pyrrole nitrogens is 1. The summed E-state index contributed by atoms with van der Waals surface area (Å²) in [5.41, 5.74) is 2.67. The Hall–Kier alpha value is -3.34. The number of hydrogen-bond donors (Lipinski definition) is 1. The van der Waals surface area contributed by atoms with E-state index in [1.165, 1.54) is 0 Å². The summed E-state index contributed by atoms with van der Waals surface area (Å²) >= 11 is 0. The van der Waals surface area contributed by atoms with Crippen LogP contribution >= 0.6 is 0 Å². The predicted molar refractivity (Wildman–Crippen MR) is 103 cm³/mol. The molecule has 0 saturated carbocycles. The highest BCUT2D eigenvalue weighted by atomic mass is 16.5. The topological polar surface area (TPSA) is 64.2 Å². The minimum Gasteiger partial charge on any atom is -0.493 e. The third-order valence-corrected chi connectivity index (χ3v) is 4.48. The normalized spacial score (nSPS) is 11.0. The fraction of sp³-hybridized carbons (Fsp3) is 0.143. The number of benzene rings is 2. The summed E-state index contributed by atoms with van der Waals surface area (Å²) < 4.78 is 10.9.